The average Bonchev–Trinajstić information content (AvgIpc) is 3.11. The first-order valence-corrected chi connectivity index (χ1v) is 9.50. The highest BCUT2D eigenvalue weighted by Gasteiger charge is 2.50. The van der Waals surface area contributed by atoms with Gasteiger partial charge in [-0.05, 0) is 57.0 Å². The number of benzene rings is 1. The number of hydrogen-bond donors (Lipinski definition) is 1. The summed E-state index contributed by atoms with van der Waals surface area (Å²) in [5, 5.41) is 11.9. The molecular formula is C21H25N5O2. The zero-order valence-corrected chi connectivity index (χ0v) is 16.4. The van der Waals surface area contributed by atoms with Gasteiger partial charge in [0.05, 0.1) is 37.0 Å². The van der Waals surface area contributed by atoms with Gasteiger partial charge < -0.3 is 10.1 Å². The molecule has 146 valence electrons. The molecular weight excluding hydrogens is 354 g/mol. The molecule has 0 bridgehead atoms. The van der Waals surface area contributed by atoms with E-state index in [2.05, 4.69) is 15.5 Å². The van der Waals surface area contributed by atoms with Crippen LogP contribution >= 0.6 is 0 Å². The molecule has 1 aliphatic rings. The zero-order chi connectivity index (χ0) is 19.7. The van der Waals surface area contributed by atoms with Gasteiger partial charge in [0, 0.05) is 23.7 Å². The topological polar surface area (TPSA) is 74.0 Å². The van der Waals surface area contributed by atoms with Gasteiger partial charge in [-0.2, -0.15) is 10.2 Å². The Morgan fingerprint density at radius 2 is 2.04 bits per heavy atom. The maximum absolute atomic E-state index is 12.9. The van der Waals surface area contributed by atoms with Crippen LogP contribution in [0.2, 0.25) is 0 Å². The Bertz CT molecular complexity index is 955. The Morgan fingerprint density at radius 3 is 2.64 bits per heavy atom. The fourth-order valence-electron chi connectivity index (χ4n) is 3.57. The first kappa shape index (κ1) is 18.3. The van der Waals surface area contributed by atoms with Gasteiger partial charge in [-0.15, -0.1) is 0 Å². The van der Waals surface area contributed by atoms with E-state index >= 15 is 0 Å². The lowest BCUT2D eigenvalue weighted by atomic mass is 10.0. The predicted octanol–water partition coefficient (Wildman–Crippen LogP) is 3.04. The summed E-state index contributed by atoms with van der Waals surface area (Å²) in [5.74, 6) is 0.897. The number of ether oxygens (including phenoxy) is 1. The van der Waals surface area contributed by atoms with Crippen molar-refractivity contribution in [3.05, 3.63) is 60.2 Å². The lowest BCUT2D eigenvalue weighted by Crippen LogP contribution is -2.36. The van der Waals surface area contributed by atoms with Crippen LogP contribution in [0.1, 0.15) is 37.1 Å². The van der Waals surface area contributed by atoms with E-state index in [1.807, 2.05) is 65.9 Å². The van der Waals surface area contributed by atoms with E-state index in [1.165, 1.54) is 0 Å². The third-order valence-electron chi connectivity index (χ3n) is 5.54. The minimum atomic E-state index is -0.333. The molecule has 7 nitrogen and oxygen atoms in total. The molecule has 0 saturated heterocycles. The second-order valence-electron chi connectivity index (χ2n) is 7.47. The van der Waals surface area contributed by atoms with Gasteiger partial charge in [0.1, 0.15) is 5.75 Å². The van der Waals surface area contributed by atoms with Crippen LogP contribution in [-0.2, 0) is 11.3 Å². The molecule has 0 spiro atoms. The highest BCUT2D eigenvalue weighted by Crippen LogP contribution is 2.47. The van der Waals surface area contributed by atoms with Gasteiger partial charge in [-0.3, -0.25) is 9.48 Å². The highest BCUT2D eigenvalue weighted by molar-refractivity contribution is 5.85. The van der Waals surface area contributed by atoms with Crippen LogP contribution < -0.4 is 10.1 Å². The summed E-state index contributed by atoms with van der Waals surface area (Å²) in [6.45, 7) is 4.65. The molecule has 0 unspecified atom stereocenters. The lowest BCUT2D eigenvalue weighted by Gasteiger charge is -2.20. The smallest absolute Gasteiger partial charge is 0.228 e. The SMILES string of the molecule is COc1ccc(-n2ncc([C@@H](C)NC(=O)C3(Cn4cccn4)CC3)c2C)cc1. The Labute approximate surface area is 164 Å². The summed E-state index contributed by atoms with van der Waals surface area (Å²) in [6, 6.07) is 9.52. The van der Waals surface area contributed by atoms with E-state index < -0.39 is 0 Å². The molecule has 1 saturated carbocycles. The summed E-state index contributed by atoms with van der Waals surface area (Å²) in [4.78, 5) is 12.9. The van der Waals surface area contributed by atoms with Crippen molar-refractivity contribution >= 4 is 5.91 Å². The minimum absolute atomic E-state index is 0.0899. The van der Waals surface area contributed by atoms with Crippen molar-refractivity contribution in [3.8, 4) is 11.4 Å². The maximum atomic E-state index is 12.9. The molecule has 0 radical (unpaired) electrons. The molecule has 4 rings (SSSR count). The van der Waals surface area contributed by atoms with E-state index in [1.54, 1.807) is 13.3 Å². The number of nitrogens with zero attached hydrogens (tertiary/aromatic N) is 4. The van der Waals surface area contributed by atoms with Gasteiger partial charge in [0.25, 0.3) is 0 Å². The van der Waals surface area contributed by atoms with Crippen molar-refractivity contribution < 1.29 is 9.53 Å². The Kier molecular flexibility index (Phi) is 4.66. The van der Waals surface area contributed by atoms with Crippen LogP contribution in [0.25, 0.3) is 5.69 Å². The fourth-order valence-corrected chi connectivity index (χ4v) is 3.57. The lowest BCUT2D eigenvalue weighted by molar-refractivity contribution is -0.127. The summed E-state index contributed by atoms with van der Waals surface area (Å²) in [5.41, 5.74) is 2.65. The van der Waals surface area contributed by atoms with Crippen LogP contribution in [0, 0.1) is 12.3 Å². The van der Waals surface area contributed by atoms with Crippen molar-refractivity contribution in [1.82, 2.24) is 24.9 Å². The summed E-state index contributed by atoms with van der Waals surface area (Å²) in [7, 11) is 1.65. The molecule has 0 aliphatic heterocycles. The van der Waals surface area contributed by atoms with Crippen LogP contribution in [0.5, 0.6) is 5.75 Å². The van der Waals surface area contributed by atoms with Crippen LogP contribution in [0.4, 0.5) is 0 Å². The second kappa shape index (κ2) is 7.14. The molecule has 1 fully saturated rings. The number of hydrogen-bond acceptors (Lipinski definition) is 4. The molecule has 7 heteroatoms. The number of amides is 1. The average molecular weight is 379 g/mol. The number of nitrogens with one attached hydrogen (secondary N) is 1. The maximum Gasteiger partial charge on any atom is 0.228 e. The Balaban J connectivity index is 1.47. The Hall–Kier alpha value is -3.09. The van der Waals surface area contributed by atoms with Crippen LogP contribution in [-0.4, -0.2) is 32.6 Å². The zero-order valence-electron chi connectivity index (χ0n) is 16.4. The molecule has 1 atom stereocenters. The summed E-state index contributed by atoms with van der Waals surface area (Å²) in [6.07, 6.45) is 7.27. The molecule has 28 heavy (non-hydrogen) atoms. The van der Waals surface area contributed by atoms with Crippen molar-refractivity contribution in [2.75, 3.05) is 7.11 Å². The van der Waals surface area contributed by atoms with Crippen molar-refractivity contribution in [2.24, 2.45) is 5.41 Å². The number of aromatic nitrogens is 4. The standard InChI is InChI=1S/C21H25N5O2/c1-15(24-20(27)21(9-10-21)14-25-12-4-11-22-25)19-13-23-26(16(19)2)17-5-7-18(28-3)8-6-17/h4-8,11-13,15H,9-10,14H2,1-3H3,(H,24,27)/t15-/m1/s1. The van der Waals surface area contributed by atoms with Crippen molar-refractivity contribution in [1.29, 1.82) is 0 Å². The number of rotatable bonds is 7. The normalized spacial score (nSPS) is 15.8. The van der Waals surface area contributed by atoms with Gasteiger partial charge in [0.2, 0.25) is 5.91 Å². The molecule has 1 N–H and O–H groups in total. The first-order chi connectivity index (χ1) is 13.5. The predicted molar refractivity (Wildman–Crippen MR) is 105 cm³/mol. The number of carbonyl (C=O) groups excluding carboxylic acids is 1. The minimum Gasteiger partial charge on any atom is -0.497 e. The third-order valence-corrected chi connectivity index (χ3v) is 5.54. The summed E-state index contributed by atoms with van der Waals surface area (Å²) >= 11 is 0. The fraction of sp³-hybridized carbons (Fsp3) is 0.381. The molecule has 2 aromatic heterocycles. The van der Waals surface area contributed by atoms with Crippen LogP contribution in [0.3, 0.4) is 0 Å². The van der Waals surface area contributed by atoms with Crippen LogP contribution in [0.15, 0.2) is 48.9 Å². The largest absolute Gasteiger partial charge is 0.497 e. The van der Waals surface area contributed by atoms with E-state index in [0.717, 1.165) is 35.5 Å². The number of carbonyl (C=O) groups is 1. The van der Waals surface area contributed by atoms with E-state index in [4.69, 9.17) is 4.74 Å². The van der Waals surface area contributed by atoms with Crippen molar-refractivity contribution in [2.45, 2.75) is 39.3 Å². The van der Waals surface area contributed by atoms with Gasteiger partial charge in [-0.25, -0.2) is 4.68 Å². The molecule has 1 amide bonds. The van der Waals surface area contributed by atoms with Crippen molar-refractivity contribution in [3.63, 3.8) is 0 Å². The molecule has 3 aromatic rings. The monoisotopic (exact) mass is 379 g/mol. The first-order valence-electron chi connectivity index (χ1n) is 9.50. The quantitative estimate of drug-likeness (QED) is 0.685. The van der Waals surface area contributed by atoms with E-state index in [-0.39, 0.29) is 17.4 Å². The van der Waals surface area contributed by atoms with Gasteiger partial charge in [-0.1, -0.05) is 0 Å². The van der Waals surface area contributed by atoms with E-state index in [0.29, 0.717) is 6.54 Å². The second-order valence-corrected chi connectivity index (χ2v) is 7.47. The molecule has 1 aromatic carbocycles. The third kappa shape index (κ3) is 3.40. The van der Waals surface area contributed by atoms with Gasteiger partial charge >= 0.3 is 0 Å². The number of methoxy groups -OCH3 is 1. The summed E-state index contributed by atoms with van der Waals surface area (Å²) < 4.78 is 8.93. The Morgan fingerprint density at radius 1 is 1.29 bits per heavy atom. The van der Waals surface area contributed by atoms with E-state index in [9.17, 15) is 4.79 Å². The molecule has 2 heterocycles. The van der Waals surface area contributed by atoms with Gasteiger partial charge in [0.15, 0.2) is 0 Å². The molecule has 1 aliphatic carbocycles. The highest BCUT2D eigenvalue weighted by atomic mass is 16.5.